The summed E-state index contributed by atoms with van der Waals surface area (Å²) in [4.78, 5) is 3.47. The Morgan fingerprint density at radius 3 is 2.42 bits per heavy atom. The Morgan fingerprint density at radius 2 is 2.00 bits per heavy atom. The second-order valence-electron chi connectivity index (χ2n) is 1.86. The Balaban J connectivity index is 3.39. The first-order chi connectivity index (χ1) is 5.41. The fourth-order valence-corrected chi connectivity index (χ4v) is 2.42. The molecule has 7 heteroatoms. The third-order valence-corrected chi connectivity index (χ3v) is 3.24. The number of aromatic nitrogens is 1. The minimum atomic E-state index is -3.79. The second-order valence-corrected chi connectivity index (χ2v) is 5.57. The van der Waals surface area contributed by atoms with Gasteiger partial charge in [-0.1, -0.05) is 11.6 Å². The summed E-state index contributed by atoms with van der Waals surface area (Å²) in [5.74, 6) is 0. The molecule has 0 amide bonds. The molecule has 12 heavy (non-hydrogen) atoms. The lowest BCUT2D eigenvalue weighted by Crippen LogP contribution is -1.93. The summed E-state index contributed by atoms with van der Waals surface area (Å²) in [6.07, 6.45) is 0. The number of rotatable bonds is 1. The Bertz CT molecular complexity index is 406. The van der Waals surface area contributed by atoms with E-state index in [-0.39, 0.29) is 10.0 Å². The van der Waals surface area contributed by atoms with Crippen LogP contribution in [0.3, 0.4) is 0 Å². The predicted octanol–water partition coefficient (Wildman–Crippen LogP) is 2.43. The molecule has 0 saturated carbocycles. The molecule has 3 nitrogen and oxygen atoms in total. The first kappa shape index (κ1) is 10.2. The summed E-state index contributed by atoms with van der Waals surface area (Å²) in [6, 6.07) is 2.73. The highest BCUT2D eigenvalue weighted by molar-refractivity contribution is 9.10. The standard InChI is InChI=1S/C5H2BrCl2NO2S/c6-4-2-1-3(5(7)9-4)12(8,10)11/h1-2H. The van der Waals surface area contributed by atoms with Crippen molar-refractivity contribution in [3.63, 3.8) is 0 Å². The molecule has 0 aliphatic heterocycles. The van der Waals surface area contributed by atoms with Gasteiger partial charge in [0.25, 0.3) is 9.05 Å². The smallest absolute Gasteiger partial charge is 0.228 e. The molecule has 1 heterocycles. The highest BCUT2D eigenvalue weighted by Crippen LogP contribution is 2.24. The monoisotopic (exact) mass is 289 g/mol. The maximum absolute atomic E-state index is 10.8. The van der Waals surface area contributed by atoms with Crippen LogP contribution in [0, 0.1) is 0 Å². The molecule has 0 radical (unpaired) electrons. The van der Waals surface area contributed by atoms with E-state index in [9.17, 15) is 8.42 Å². The summed E-state index contributed by atoms with van der Waals surface area (Å²) in [5.41, 5.74) is 0. The van der Waals surface area contributed by atoms with E-state index in [0.717, 1.165) is 0 Å². The van der Waals surface area contributed by atoms with E-state index in [1.807, 2.05) is 0 Å². The molecule has 0 fully saturated rings. The molecule has 0 aromatic carbocycles. The average Bonchev–Trinajstić information content (AvgIpc) is 1.83. The van der Waals surface area contributed by atoms with Crippen LogP contribution in [-0.4, -0.2) is 13.4 Å². The van der Waals surface area contributed by atoms with E-state index >= 15 is 0 Å². The Labute approximate surface area is 87.3 Å². The maximum Gasteiger partial charge on any atom is 0.264 e. The average molecular weight is 291 g/mol. The van der Waals surface area contributed by atoms with Crippen LogP contribution in [0.4, 0.5) is 0 Å². The number of pyridine rings is 1. The SMILES string of the molecule is O=S(=O)(Cl)c1ccc(Br)nc1Cl. The Hall–Kier alpha value is 0.160. The van der Waals surface area contributed by atoms with Crippen LogP contribution < -0.4 is 0 Å². The van der Waals surface area contributed by atoms with Crippen LogP contribution in [0.1, 0.15) is 0 Å². The lowest BCUT2D eigenvalue weighted by molar-refractivity contribution is 0.609. The zero-order valence-electron chi connectivity index (χ0n) is 5.46. The molecule has 0 atom stereocenters. The van der Waals surface area contributed by atoms with Crippen molar-refractivity contribution < 1.29 is 8.42 Å². The van der Waals surface area contributed by atoms with E-state index < -0.39 is 9.05 Å². The van der Waals surface area contributed by atoms with Crippen molar-refractivity contribution in [3.05, 3.63) is 21.9 Å². The van der Waals surface area contributed by atoms with E-state index in [4.69, 9.17) is 22.3 Å². The fraction of sp³-hybridized carbons (Fsp3) is 0. The van der Waals surface area contributed by atoms with E-state index in [1.165, 1.54) is 12.1 Å². The van der Waals surface area contributed by atoms with Crippen LogP contribution in [0.2, 0.25) is 5.15 Å². The fourth-order valence-electron chi connectivity index (χ4n) is 0.581. The van der Waals surface area contributed by atoms with Crippen LogP contribution in [-0.2, 0) is 9.05 Å². The molecule has 0 saturated heterocycles. The predicted molar refractivity (Wildman–Crippen MR) is 50.0 cm³/mol. The zero-order valence-corrected chi connectivity index (χ0v) is 9.37. The van der Waals surface area contributed by atoms with Crippen molar-refractivity contribution in [2.45, 2.75) is 4.90 Å². The quantitative estimate of drug-likeness (QED) is 0.589. The first-order valence-electron chi connectivity index (χ1n) is 2.68. The van der Waals surface area contributed by atoms with Gasteiger partial charge >= 0.3 is 0 Å². The van der Waals surface area contributed by atoms with Crippen LogP contribution in [0.5, 0.6) is 0 Å². The summed E-state index contributed by atoms with van der Waals surface area (Å²) in [6.45, 7) is 0. The molecule has 0 aliphatic rings. The normalized spacial score (nSPS) is 11.6. The summed E-state index contributed by atoms with van der Waals surface area (Å²) < 4.78 is 22.0. The molecule has 1 rings (SSSR count). The molecule has 0 aliphatic carbocycles. The minimum Gasteiger partial charge on any atom is -0.228 e. The van der Waals surface area contributed by atoms with Crippen molar-refractivity contribution in [1.82, 2.24) is 4.98 Å². The summed E-state index contributed by atoms with van der Waals surface area (Å²) in [7, 11) is 1.26. The summed E-state index contributed by atoms with van der Waals surface area (Å²) in [5, 5.41) is -0.139. The summed E-state index contributed by atoms with van der Waals surface area (Å²) >= 11 is 8.54. The molecule has 1 aromatic rings. The number of nitrogens with zero attached hydrogens (tertiary/aromatic N) is 1. The second kappa shape index (κ2) is 3.49. The largest absolute Gasteiger partial charge is 0.264 e. The molecular weight excluding hydrogens is 289 g/mol. The van der Waals surface area contributed by atoms with Crippen LogP contribution in [0.15, 0.2) is 21.6 Å². The van der Waals surface area contributed by atoms with Gasteiger partial charge in [-0.25, -0.2) is 13.4 Å². The maximum atomic E-state index is 10.8. The molecule has 66 valence electrons. The van der Waals surface area contributed by atoms with Gasteiger partial charge in [0.05, 0.1) is 0 Å². The van der Waals surface area contributed by atoms with Crippen molar-refractivity contribution in [1.29, 1.82) is 0 Å². The van der Waals surface area contributed by atoms with Gasteiger partial charge in [0.1, 0.15) is 14.7 Å². The van der Waals surface area contributed by atoms with Crippen molar-refractivity contribution >= 4 is 47.3 Å². The highest BCUT2D eigenvalue weighted by Gasteiger charge is 2.15. The number of halogens is 3. The lowest BCUT2D eigenvalue weighted by atomic mass is 10.5. The molecule has 1 aromatic heterocycles. The van der Waals surface area contributed by atoms with Gasteiger partial charge in [-0.05, 0) is 28.1 Å². The van der Waals surface area contributed by atoms with Crippen molar-refractivity contribution in [2.75, 3.05) is 0 Å². The molecule has 0 unspecified atom stereocenters. The molecule has 0 N–H and O–H groups in total. The minimum absolute atomic E-state index is 0.139. The van der Waals surface area contributed by atoms with E-state index in [1.54, 1.807) is 0 Å². The van der Waals surface area contributed by atoms with Crippen molar-refractivity contribution in [3.8, 4) is 0 Å². The van der Waals surface area contributed by atoms with E-state index in [2.05, 4.69) is 20.9 Å². The van der Waals surface area contributed by atoms with E-state index in [0.29, 0.717) is 4.60 Å². The van der Waals surface area contributed by atoms with Crippen molar-refractivity contribution in [2.24, 2.45) is 0 Å². The Kier molecular flexibility index (Phi) is 2.98. The molecular formula is C5H2BrCl2NO2S. The zero-order chi connectivity index (χ0) is 9.35. The van der Waals surface area contributed by atoms with Gasteiger partial charge < -0.3 is 0 Å². The van der Waals surface area contributed by atoms with Gasteiger partial charge in [-0.3, -0.25) is 0 Å². The highest BCUT2D eigenvalue weighted by atomic mass is 79.9. The van der Waals surface area contributed by atoms with Crippen LogP contribution in [0.25, 0.3) is 0 Å². The third kappa shape index (κ3) is 2.32. The number of hydrogen-bond donors (Lipinski definition) is 0. The topological polar surface area (TPSA) is 47.0 Å². The van der Waals surface area contributed by atoms with Crippen LogP contribution >= 0.6 is 38.2 Å². The van der Waals surface area contributed by atoms with Gasteiger partial charge in [-0.15, -0.1) is 0 Å². The van der Waals surface area contributed by atoms with Gasteiger partial charge in [0.15, 0.2) is 0 Å². The Morgan fingerprint density at radius 1 is 1.42 bits per heavy atom. The molecule has 0 bridgehead atoms. The van der Waals surface area contributed by atoms with Gasteiger partial charge in [0.2, 0.25) is 0 Å². The van der Waals surface area contributed by atoms with Gasteiger partial charge in [0, 0.05) is 10.7 Å². The molecule has 0 spiro atoms. The third-order valence-electron chi connectivity index (χ3n) is 1.04. The first-order valence-corrected chi connectivity index (χ1v) is 6.16. The number of hydrogen-bond acceptors (Lipinski definition) is 3. The lowest BCUT2D eigenvalue weighted by Gasteiger charge is -1.97. The van der Waals surface area contributed by atoms with Gasteiger partial charge in [-0.2, -0.15) is 0 Å².